The molecule has 4 aromatic carbocycles. The molecule has 0 aromatic heterocycles. The molecule has 0 bridgehead atoms. The van der Waals surface area contributed by atoms with Gasteiger partial charge in [-0.3, -0.25) is 9.10 Å². The predicted octanol–water partition coefficient (Wildman–Crippen LogP) is 5.54. The van der Waals surface area contributed by atoms with Crippen molar-refractivity contribution in [2.75, 3.05) is 17.5 Å². The highest BCUT2D eigenvalue weighted by atomic mass is 35.5. The first-order valence-corrected chi connectivity index (χ1v) is 13.1. The van der Waals surface area contributed by atoms with Gasteiger partial charge in [-0.25, -0.2) is 8.42 Å². The molecule has 0 spiro atoms. The lowest BCUT2D eigenvalue weighted by Crippen LogP contribution is -2.34. The van der Waals surface area contributed by atoms with Gasteiger partial charge in [0.05, 0.1) is 34.3 Å². The standard InChI is InChI=1S/C28H25ClN2O4S/c29-25-16-8-10-18-27(25)35-20-19-30-28(32)24-15-7-9-17-26(24)31(21-22-11-3-1-4-12-22)36(33,34)23-13-5-2-6-14-23/h1-18H,19-21H2,(H,30,32). The largest absolute Gasteiger partial charge is 0.490 e. The second kappa shape index (κ2) is 11.7. The number of ether oxygens (including phenoxy) is 1. The summed E-state index contributed by atoms with van der Waals surface area (Å²) in [6, 6.07) is 31.2. The summed E-state index contributed by atoms with van der Waals surface area (Å²) >= 11 is 6.10. The lowest BCUT2D eigenvalue weighted by atomic mass is 10.1. The normalized spacial score (nSPS) is 11.0. The highest BCUT2D eigenvalue weighted by Crippen LogP contribution is 2.29. The molecular weight excluding hydrogens is 496 g/mol. The number of para-hydroxylation sites is 2. The first kappa shape index (κ1) is 25.3. The molecule has 0 saturated carbocycles. The summed E-state index contributed by atoms with van der Waals surface area (Å²) in [6.45, 7) is 0.480. The Balaban J connectivity index is 1.59. The molecule has 8 heteroatoms. The molecule has 184 valence electrons. The van der Waals surface area contributed by atoms with Gasteiger partial charge >= 0.3 is 0 Å². The van der Waals surface area contributed by atoms with Gasteiger partial charge in [-0.15, -0.1) is 0 Å². The molecule has 6 nitrogen and oxygen atoms in total. The number of carbonyl (C=O) groups is 1. The molecule has 4 aromatic rings. The molecule has 0 aliphatic heterocycles. The number of hydrogen-bond donors (Lipinski definition) is 1. The zero-order valence-electron chi connectivity index (χ0n) is 19.4. The van der Waals surface area contributed by atoms with Gasteiger partial charge in [-0.05, 0) is 42.0 Å². The fraction of sp³-hybridized carbons (Fsp3) is 0.107. The first-order chi connectivity index (χ1) is 17.5. The van der Waals surface area contributed by atoms with Crippen LogP contribution in [0.25, 0.3) is 0 Å². The van der Waals surface area contributed by atoms with E-state index in [1.54, 1.807) is 72.8 Å². The van der Waals surface area contributed by atoms with Crippen LogP contribution >= 0.6 is 11.6 Å². The van der Waals surface area contributed by atoms with Gasteiger partial charge in [0.1, 0.15) is 12.4 Å². The Morgan fingerprint density at radius 1 is 0.806 bits per heavy atom. The molecule has 0 aliphatic rings. The van der Waals surface area contributed by atoms with Gasteiger partial charge in [0.25, 0.3) is 15.9 Å². The smallest absolute Gasteiger partial charge is 0.264 e. The number of halogens is 1. The predicted molar refractivity (Wildman–Crippen MR) is 142 cm³/mol. The Morgan fingerprint density at radius 3 is 2.14 bits per heavy atom. The van der Waals surface area contributed by atoms with Gasteiger partial charge < -0.3 is 10.1 Å². The zero-order valence-corrected chi connectivity index (χ0v) is 21.0. The van der Waals surface area contributed by atoms with Crippen molar-refractivity contribution in [2.45, 2.75) is 11.4 Å². The SMILES string of the molecule is O=C(NCCOc1ccccc1Cl)c1ccccc1N(Cc1ccccc1)S(=O)(=O)c1ccccc1. The minimum Gasteiger partial charge on any atom is -0.490 e. The summed E-state index contributed by atoms with van der Waals surface area (Å²) in [6.07, 6.45) is 0. The first-order valence-electron chi connectivity index (χ1n) is 11.3. The van der Waals surface area contributed by atoms with E-state index in [-0.39, 0.29) is 35.8 Å². The maximum Gasteiger partial charge on any atom is 0.264 e. The summed E-state index contributed by atoms with van der Waals surface area (Å²) in [5.41, 5.74) is 1.32. The van der Waals surface area contributed by atoms with E-state index >= 15 is 0 Å². The van der Waals surface area contributed by atoms with Gasteiger partial charge in [-0.1, -0.05) is 84.4 Å². The van der Waals surface area contributed by atoms with Crippen molar-refractivity contribution < 1.29 is 17.9 Å². The number of hydrogen-bond acceptors (Lipinski definition) is 4. The van der Waals surface area contributed by atoms with Crippen molar-refractivity contribution in [1.82, 2.24) is 5.32 Å². The Labute approximate surface area is 216 Å². The lowest BCUT2D eigenvalue weighted by molar-refractivity contribution is 0.0947. The van der Waals surface area contributed by atoms with E-state index in [4.69, 9.17) is 16.3 Å². The van der Waals surface area contributed by atoms with Crippen molar-refractivity contribution in [3.63, 3.8) is 0 Å². The number of carbonyl (C=O) groups excluding carboxylic acids is 1. The van der Waals surface area contributed by atoms with E-state index in [1.807, 2.05) is 36.4 Å². The molecule has 0 fully saturated rings. The number of nitrogens with zero attached hydrogens (tertiary/aromatic N) is 1. The van der Waals surface area contributed by atoms with Crippen molar-refractivity contribution in [2.24, 2.45) is 0 Å². The maximum absolute atomic E-state index is 13.7. The molecule has 0 aliphatic carbocycles. The average molecular weight is 521 g/mol. The van der Waals surface area contributed by atoms with Crippen LogP contribution in [0.15, 0.2) is 114 Å². The highest BCUT2D eigenvalue weighted by molar-refractivity contribution is 7.92. The van der Waals surface area contributed by atoms with E-state index in [0.717, 1.165) is 5.56 Å². The fourth-order valence-corrected chi connectivity index (χ4v) is 5.32. The Bertz CT molecular complexity index is 1410. The van der Waals surface area contributed by atoms with Crippen LogP contribution in [-0.2, 0) is 16.6 Å². The average Bonchev–Trinajstić information content (AvgIpc) is 2.91. The Morgan fingerprint density at radius 2 is 1.42 bits per heavy atom. The minimum atomic E-state index is -3.96. The van der Waals surface area contributed by atoms with Crippen molar-refractivity contribution in [3.05, 3.63) is 125 Å². The van der Waals surface area contributed by atoms with E-state index in [9.17, 15) is 13.2 Å². The molecule has 0 unspecified atom stereocenters. The van der Waals surface area contributed by atoms with Gasteiger partial charge in [0.2, 0.25) is 0 Å². The number of anilines is 1. The van der Waals surface area contributed by atoms with Crippen LogP contribution < -0.4 is 14.4 Å². The monoisotopic (exact) mass is 520 g/mol. The second-order valence-electron chi connectivity index (χ2n) is 7.86. The number of sulfonamides is 1. The maximum atomic E-state index is 13.7. The van der Waals surface area contributed by atoms with Gasteiger partial charge in [0, 0.05) is 0 Å². The van der Waals surface area contributed by atoms with Crippen molar-refractivity contribution >= 4 is 33.2 Å². The summed E-state index contributed by atoms with van der Waals surface area (Å²) in [4.78, 5) is 13.3. The third-order valence-electron chi connectivity index (χ3n) is 5.40. The van der Waals surface area contributed by atoms with Crippen LogP contribution in [0.3, 0.4) is 0 Å². The van der Waals surface area contributed by atoms with Crippen LogP contribution in [0.5, 0.6) is 5.75 Å². The number of benzene rings is 4. The molecule has 36 heavy (non-hydrogen) atoms. The molecule has 1 amide bonds. The highest BCUT2D eigenvalue weighted by Gasteiger charge is 2.28. The molecule has 0 atom stereocenters. The number of amides is 1. The van der Waals surface area contributed by atoms with Gasteiger partial charge in [0.15, 0.2) is 0 Å². The van der Waals surface area contributed by atoms with E-state index in [1.165, 1.54) is 4.31 Å². The van der Waals surface area contributed by atoms with E-state index < -0.39 is 15.9 Å². The molecule has 4 rings (SSSR count). The van der Waals surface area contributed by atoms with E-state index in [0.29, 0.717) is 10.8 Å². The zero-order chi connectivity index (χ0) is 25.4. The summed E-state index contributed by atoms with van der Waals surface area (Å²) < 4.78 is 34.4. The molecule has 1 N–H and O–H groups in total. The number of rotatable bonds is 10. The van der Waals surface area contributed by atoms with E-state index in [2.05, 4.69) is 5.32 Å². The molecule has 0 saturated heterocycles. The summed E-state index contributed by atoms with van der Waals surface area (Å²) in [5, 5.41) is 3.29. The third kappa shape index (κ3) is 6.05. The molecule has 0 radical (unpaired) electrons. The summed E-state index contributed by atoms with van der Waals surface area (Å²) in [7, 11) is -3.96. The Hall–Kier alpha value is -3.81. The minimum absolute atomic E-state index is 0.0674. The van der Waals surface area contributed by atoms with Crippen LogP contribution in [0.2, 0.25) is 5.02 Å². The van der Waals surface area contributed by atoms with Crippen LogP contribution in [0, 0.1) is 0 Å². The van der Waals surface area contributed by atoms with Crippen molar-refractivity contribution in [1.29, 1.82) is 0 Å². The summed E-state index contributed by atoms with van der Waals surface area (Å²) in [5.74, 6) is 0.117. The second-order valence-corrected chi connectivity index (χ2v) is 10.1. The van der Waals surface area contributed by atoms with Crippen LogP contribution in [0.4, 0.5) is 5.69 Å². The third-order valence-corrected chi connectivity index (χ3v) is 7.49. The van der Waals surface area contributed by atoms with Crippen LogP contribution in [-0.4, -0.2) is 27.5 Å². The molecule has 0 heterocycles. The topological polar surface area (TPSA) is 75.7 Å². The van der Waals surface area contributed by atoms with Crippen LogP contribution in [0.1, 0.15) is 15.9 Å². The fourth-order valence-electron chi connectivity index (χ4n) is 3.63. The lowest BCUT2D eigenvalue weighted by Gasteiger charge is -2.26. The molecular formula is C28H25ClN2O4S. The quantitative estimate of drug-likeness (QED) is 0.278. The van der Waals surface area contributed by atoms with Gasteiger partial charge in [-0.2, -0.15) is 0 Å². The Kier molecular flexibility index (Phi) is 8.25. The number of nitrogens with one attached hydrogen (secondary N) is 1. The van der Waals surface area contributed by atoms with Crippen molar-refractivity contribution in [3.8, 4) is 5.75 Å².